The third-order valence-electron chi connectivity index (χ3n) is 4.79. The van der Waals surface area contributed by atoms with E-state index in [2.05, 4.69) is 10.1 Å². The zero-order valence-electron chi connectivity index (χ0n) is 13.6. The van der Waals surface area contributed by atoms with Gasteiger partial charge in [-0.2, -0.15) is 5.10 Å². The molecule has 5 rings (SSSR count). The lowest BCUT2D eigenvalue weighted by Gasteiger charge is -2.06. The zero-order valence-corrected chi connectivity index (χ0v) is 14.4. The molecule has 0 N–H and O–H groups in total. The minimum atomic E-state index is 0.00981. The van der Waals surface area contributed by atoms with E-state index < -0.39 is 0 Å². The van der Waals surface area contributed by atoms with Gasteiger partial charge in [-0.3, -0.25) is 4.79 Å². The molecule has 5 nitrogen and oxygen atoms in total. The van der Waals surface area contributed by atoms with Gasteiger partial charge in [-0.1, -0.05) is 23.7 Å². The van der Waals surface area contributed by atoms with Crippen molar-refractivity contribution < 1.29 is 0 Å². The molecule has 0 saturated heterocycles. The van der Waals surface area contributed by atoms with Crippen LogP contribution in [0.3, 0.4) is 0 Å². The number of hydrogen-bond acceptors (Lipinski definition) is 3. The predicted molar refractivity (Wildman–Crippen MR) is 98.2 cm³/mol. The maximum absolute atomic E-state index is 12.7. The van der Waals surface area contributed by atoms with Crippen molar-refractivity contribution in [3.63, 3.8) is 0 Å². The summed E-state index contributed by atoms with van der Waals surface area (Å²) in [7, 11) is 0. The number of aromatic nitrogens is 4. The first-order valence-corrected chi connectivity index (χ1v) is 8.66. The summed E-state index contributed by atoms with van der Waals surface area (Å²) in [5, 5.41) is 5.94. The molecule has 124 valence electrons. The Labute approximate surface area is 148 Å². The predicted octanol–water partition coefficient (Wildman–Crippen LogP) is 4.01. The fraction of sp³-hybridized carbons (Fsp3) is 0.211. The van der Waals surface area contributed by atoms with Crippen molar-refractivity contribution in [3.8, 4) is 11.1 Å². The molecule has 0 radical (unpaired) electrons. The van der Waals surface area contributed by atoms with Crippen LogP contribution in [0.2, 0.25) is 5.02 Å². The van der Waals surface area contributed by atoms with Crippen molar-refractivity contribution >= 4 is 28.2 Å². The lowest BCUT2D eigenvalue weighted by atomic mass is 10.1. The maximum atomic E-state index is 12.7. The summed E-state index contributed by atoms with van der Waals surface area (Å²) in [6.07, 6.45) is 5.69. The highest BCUT2D eigenvalue weighted by Gasteiger charge is 2.25. The highest BCUT2D eigenvalue weighted by atomic mass is 35.5. The Morgan fingerprint density at radius 2 is 1.92 bits per heavy atom. The molecular formula is C19H15ClN4O. The van der Waals surface area contributed by atoms with Crippen LogP contribution in [0.1, 0.15) is 24.6 Å². The molecule has 0 aliphatic heterocycles. The second-order valence-electron chi connectivity index (χ2n) is 6.52. The van der Waals surface area contributed by atoms with Gasteiger partial charge in [0.25, 0.3) is 5.56 Å². The molecule has 3 heterocycles. The molecule has 0 amide bonds. The standard InChI is InChI=1S/C19H15ClN4O/c1-11-17(12-2-4-13(20)5-3-12)18-21-10-15-16(24(18)22-11)8-9-23(19(15)25)14-6-7-14/h2-5,8-10,14H,6-7H2,1H3. The Hall–Kier alpha value is -2.66. The molecule has 1 fully saturated rings. The number of pyridine rings is 1. The average molecular weight is 351 g/mol. The van der Waals surface area contributed by atoms with Crippen LogP contribution < -0.4 is 5.56 Å². The quantitative estimate of drug-likeness (QED) is 0.549. The smallest absolute Gasteiger partial charge is 0.261 e. The summed E-state index contributed by atoms with van der Waals surface area (Å²) >= 11 is 6.00. The molecule has 1 aromatic carbocycles. The van der Waals surface area contributed by atoms with E-state index in [0.29, 0.717) is 16.5 Å². The van der Waals surface area contributed by atoms with E-state index in [4.69, 9.17) is 11.6 Å². The summed E-state index contributed by atoms with van der Waals surface area (Å²) in [5.41, 5.74) is 4.38. The molecule has 1 saturated carbocycles. The number of fused-ring (bicyclic) bond motifs is 3. The van der Waals surface area contributed by atoms with Gasteiger partial charge in [-0.05, 0) is 43.5 Å². The zero-order chi connectivity index (χ0) is 17.1. The summed E-state index contributed by atoms with van der Waals surface area (Å²) < 4.78 is 3.58. The lowest BCUT2D eigenvalue weighted by Crippen LogP contribution is -2.19. The SMILES string of the molecule is Cc1nn2c(ncc3c(=O)n(C4CC4)ccc32)c1-c1ccc(Cl)cc1. The number of hydrogen-bond donors (Lipinski definition) is 0. The van der Waals surface area contributed by atoms with Crippen LogP contribution in [0.4, 0.5) is 0 Å². The molecule has 0 bridgehead atoms. The highest BCUT2D eigenvalue weighted by molar-refractivity contribution is 6.30. The van der Waals surface area contributed by atoms with Crippen molar-refractivity contribution in [2.75, 3.05) is 0 Å². The van der Waals surface area contributed by atoms with Gasteiger partial charge in [-0.25, -0.2) is 9.50 Å². The average Bonchev–Trinajstić information content (AvgIpc) is 3.38. The summed E-state index contributed by atoms with van der Waals surface area (Å²) in [6.45, 7) is 1.95. The highest BCUT2D eigenvalue weighted by Crippen LogP contribution is 2.34. The Balaban J connectivity index is 1.80. The third kappa shape index (κ3) is 2.19. The van der Waals surface area contributed by atoms with E-state index in [0.717, 1.165) is 40.8 Å². The fourth-order valence-electron chi connectivity index (χ4n) is 3.39. The first-order chi connectivity index (χ1) is 12.1. The fourth-order valence-corrected chi connectivity index (χ4v) is 3.51. The van der Waals surface area contributed by atoms with E-state index >= 15 is 0 Å². The van der Waals surface area contributed by atoms with Gasteiger partial charge in [0.05, 0.1) is 16.6 Å². The van der Waals surface area contributed by atoms with Gasteiger partial charge in [-0.15, -0.1) is 0 Å². The van der Waals surface area contributed by atoms with Crippen LogP contribution in [-0.4, -0.2) is 19.2 Å². The number of halogens is 1. The first-order valence-electron chi connectivity index (χ1n) is 8.28. The van der Waals surface area contributed by atoms with Crippen LogP contribution in [0.15, 0.2) is 47.5 Å². The molecule has 1 aliphatic carbocycles. The largest absolute Gasteiger partial charge is 0.312 e. The van der Waals surface area contributed by atoms with Crippen LogP contribution in [0.25, 0.3) is 27.7 Å². The maximum Gasteiger partial charge on any atom is 0.261 e. The minimum absolute atomic E-state index is 0.00981. The number of rotatable bonds is 2. The molecule has 25 heavy (non-hydrogen) atoms. The molecule has 6 heteroatoms. The molecular weight excluding hydrogens is 336 g/mol. The monoisotopic (exact) mass is 350 g/mol. The van der Waals surface area contributed by atoms with Crippen LogP contribution >= 0.6 is 11.6 Å². The summed E-state index contributed by atoms with van der Waals surface area (Å²) in [4.78, 5) is 17.3. The molecule has 0 unspecified atom stereocenters. The lowest BCUT2D eigenvalue weighted by molar-refractivity contribution is 0.713. The van der Waals surface area contributed by atoms with Crippen molar-refractivity contribution in [3.05, 3.63) is 63.8 Å². The number of benzene rings is 1. The molecule has 3 aromatic heterocycles. The van der Waals surface area contributed by atoms with Crippen molar-refractivity contribution in [1.29, 1.82) is 0 Å². The van der Waals surface area contributed by atoms with Crippen molar-refractivity contribution in [1.82, 2.24) is 19.2 Å². The van der Waals surface area contributed by atoms with E-state index in [9.17, 15) is 4.79 Å². The van der Waals surface area contributed by atoms with Crippen molar-refractivity contribution in [2.24, 2.45) is 0 Å². The van der Waals surface area contributed by atoms with Gasteiger partial charge in [0.2, 0.25) is 0 Å². The number of aryl methyl sites for hydroxylation is 1. The van der Waals surface area contributed by atoms with Crippen LogP contribution in [-0.2, 0) is 0 Å². The van der Waals surface area contributed by atoms with Gasteiger partial charge in [0.15, 0.2) is 5.65 Å². The Kier molecular flexibility index (Phi) is 3.03. The van der Waals surface area contributed by atoms with Gasteiger partial charge in [0.1, 0.15) is 0 Å². The Bertz CT molecular complexity index is 1190. The molecule has 0 spiro atoms. The molecule has 1 aliphatic rings. The first kappa shape index (κ1) is 14.7. The normalized spacial score (nSPS) is 14.5. The minimum Gasteiger partial charge on any atom is -0.312 e. The second-order valence-corrected chi connectivity index (χ2v) is 6.96. The summed E-state index contributed by atoms with van der Waals surface area (Å²) in [5.74, 6) is 0. The third-order valence-corrected chi connectivity index (χ3v) is 5.04. The second kappa shape index (κ2) is 5.17. The summed E-state index contributed by atoms with van der Waals surface area (Å²) in [6, 6.07) is 9.94. The topological polar surface area (TPSA) is 52.2 Å². The van der Waals surface area contributed by atoms with Crippen LogP contribution in [0, 0.1) is 6.92 Å². The Morgan fingerprint density at radius 3 is 2.64 bits per heavy atom. The molecule has 4 aromatic rings. The van der Waals surface area contributed by atoms with Gasteiger partial charge in [0, 0.05) is 29.0 Å². The van der Waals surface area contributed by atoms with E-state index in [1.165, 1.54) is 0 Å². The Morgan fingerprint density at radius 1 is 1.16 bits per heavy atom. The van der Waals surface area contributed by atoms with Crippen molar-refractivity contribution in [2.45, 2.75) is 25.8 Å². The molecule has 0 atom stereocenters. The van der Waals surface area contributed by atoms with Gasteiger partial charge < -0.3 is 4.57 Å². The van der Waals surface area contributed by atoms with E-state index in [1.807, 2.05) is 48.0 Å². The van der Waals surface area contributed by atoms with Crippen LogP contribution in [0.5, 0.6) is 0 Å². The number of nitrogens with zero attached hydrogens (tertiary/aromatic N) is 4. The van der Waals surface area contributed by atoms with E-state index in [1.54, 1.807) is 10.7 Å². The van der Waals surface area contributed by atoms with Gasteiger partial charge >= 0.3 is 0 Å². The van der Waals surface area contributed by atoms with E-state index in [-0.39, 0.29) is 5.56 Å².